The fraction of sp³-hybridized carbons (Fsp3) is 0.200. The zero-order valence-corrected chi connectivity index (χ0v) is 30.4. The highest BCUT2D eigenvalue weighted by atomic mass is 127. The van der Waals surface area contributed by atoms with Crippen LogP contribution in [0.25, 0.3) is 0 Å². The smallest absolute Gasteiger partial charge is 0.338 e. The minimum atomic E-state index is -0.612. The predicted octanol–water partition coefficient (Wildman–Crippen LogP) is 5.96. The van der Waals surface area contributed by atoms with Crippen molar-refractivity contribution in [3.63, 3.8) is 0 Å². The predicted molar refractivity (Wildman–Crippen MR) is 194 cm³/mol. The Morgan fingerprint density at radius 1 is 1.05 bits per heavy atom. The summed E-state index contributed by atoms with van der Waals surface area (Å²) in [7, 11) is 0. The van der Waals surface area contributed by atoms with Gasteiger partial charge in [0.05, 0.1) is 31.6 Å². The first-order chi connectivity index (χ1) is 20.7. The summed E-state index contributed by atoms with van der Waals surface area (Å²) in [4.78, 5) is 25.3. The number of benzene rings is 3. The number of allylic oxidation sites excluding steroid dienone is 1. The maximum atomic E-state index is 12.7. The Labute approximate surface area is 296 Å². The average Bonchev–Trinajstić information content (AvgIpc) is 2.96. The van der Waals surface area contributed by atoms with Gasteiger partial charge in [0.15, 0.2) is 11.7 Å². The second-order valence-electron chi connectivity index (χ2n) is 9.14. The lowest BCUT2D eigenvalue weighted by atomic mass is 9.95. The molecule has 0 unspecified atom stereocenters. The van der Waals surface area contributed by atoms with Crippen LogP contribution in [0.2, 0.25) is 0 Å². The molecule has 0 bridgehead atoms. The van der Waals surface area contributed by atoms with Crippen molar-refractivity contribution in [3.8, 4) is 11.5 Å². The number of nitrogens with zero attached hydrogens (tertiary/aromatic N) is 1. The number of ether oxygens (including phenoxy) is 3. The lowest BCUT2D eigenvalue weighted by Gasteiger charge is -2.30. The van der Waals surface area contributed by atoms with E-state index in [1.54, 1.807) is 38.3 Å². The molecule has 0 saturated heterocycles. The fourth-order valence-electron chi connectivity index (χ4n) is 4.14. The van der Waals surface area contributed by atoms with Gasteiger partial charge in [-0.3, -0.25) is 4.79 Å². The van der Waals surface area contributed by atoms with Gasteiger partial charge in [0, 0.05) is 14.8 Å². The average molecular weight is 936 g/mol. The highest BCUT2D eigenvalue weighted by molar-refractivity contribution is 14.1. The number of thiocarbonyl (C=S) groups is 1. The third-order valence-electron chi connectivity index (χ3n) is 6.07. The van der Waals surface area contributed by atoms with E-state index >= 15 is 0 Å². The number of carbonyl (C=O) groups excluding carboxylic acids is 2. The number of para-hydroxylation sites is 1. The molecule has 1 amide bonds. The second-order valence-corrected chi connectivity index (χ2v) is 13.1. The van der Waals surface area contributed by atoms with Crippen LogP contribution in [0.1, 0.15) is 36.6 Å². The van der Waals surface area contributed by atoms with E-state index < -0.39 is 17.9 Å². The quantitative estimate of drug-likeness (QED) is 0.0711. The van der Waals surface area contributed by atoms with Crippen LogP contribution in [0.3, 0.4) is 0 Å². The van der Waals surface area contributed by atoms with Crippen molar-refractivity contribution in [2.45, 2.75) is 26.5 Å². The molecule has 13 heteroatoms. The van der Waals surface area contributed by atoms with Gasteiger partial charge in [-0.1, -0.05) is 30.3 Å². The Hall–Kier alpha value is -2.51. The standard InChI is InChI=1S/C30H27I3N4O5S/c1-3-40-29(39)26-17(2)35-30(43)36-27(26)21-6-4-5-7-24(21)41-16-25(38)37-34-14-19-12-22(32)28(23(33)13-19)42-15-18-8-10-20(31)11-9-18/h4-14,27H,3,15-16H2,1-2H3,(H,37,38)(H2,35,36,43)/t27-/m0/s1. The minimum Gasteiger partial charge on any atom is -0.487 e. The van der Waals surface area contributed by atoms with E-state index in [0.29, 0.717) is 34.3 Å². The van der Waals surface area contributed by atoms with E-state index in [0.717, 1.165) is 24.0 Å². The molecule has 3 aromatic carbocycles. The number of rotatable bonds is 11. The van der Waals surface area contributed by atoms with Crippen LogP contribution in [0, 0.1) is 10.7 Å². The normalized spacial score (nSPS) is 14.6. The van der Waals surface area contributed by atoms with Gasteiger partial charge in [-0.2, -0.15) is 5.10 Å². The molecule has 1 heterocycles. The van der Waals surface area contributed by atoms with Crippen LogP contribution in [0.4, 0.5) is 0 Å². The van der Waals surface area contributed by atoms with Crippen LogP contribution in [-0.4, -0.2) is 36.4 Å². The Bertz CT molecular complexity index is 1560. The third-order valence-corrected chi connectivity index (χ3v) is 8.61. The molecule has 0 spiro atoms. The summed E-state index contributed by atoms with van der Waals surface area (Å²) in [6, 6.07) is 18.6. The molecule has 0 saturated carbocycles. The number of hydrogen-bond donors (Lipinski definition) is 3. The highest BCUT2D eigenvalue weighted by Gasteiger charge is 2.32. The van der Waals surface area contributed by atoms with E-state index in [1.807, 2.05) is 30.3 Å². The van der Waals surface area contributed by atoms with Crippen LogP contribution in [0.5, 0.6) is 11.5 Å². The van der Waals surface area contributed by atoms with Gasteiger partial charge in [-0.15, -0.1) is 0 Å². The molecular formula is C30H27I3N4O5S. The van der Waals surface area contributed by atoms with Crippen molar-refractivity contribution in [2.24, 2.45) is 5.10 Å². The molecule has 3 aromatic rings. The van der Waals surface area contributed by atoms with Gasteiger partial charge in [-0.05, 0) is 135 Å². The van der Waals surface area contributed by atoms with Crippen molar-refractivity contribution in [1.82, 2.24) is 16.1 Å². The Balaban J connectivity index is 1.37. The van der Waals surface area contributed by atoms with E-state index in [1.165, 1.54) is 3.57 Å². The molecule has 43 heavy (non-hydrogen) atoms. The minimum absolute atomic E-state index is 0.232. The van der Waals surface area contributed by atoms with Gasteiger partial charge < -0.3 is 24.8 Å². The van der Waals surface area contributed by atoms with Crippen LogP contribution >= 0.6 is 80.0 Å². The molecule has 1 aliphatic rings. The molecular weight excluding hydrogens is 909 g/mol. The summed E-state index contributed by atoms with van der Waals surface area (Å²) < 4.78 is 20.2. The van der Waals surface area contributed by atoms with Gasteiger partial charge in [0.1, 0.15) is 18.1 Å². The summed E-state index contributed by atoms with van der Waals surface area (Å²) in [5, 5.41) is 10.5. The first-order valence-electron chi connectivity index (χ1n) is 13.0. The summed E-state index contributed by atoms with van der Waals surface area (Å²) >= 11 is 12.1. The molecule has 1 atom stereocenters. The number of carbonyl (C=O) groups is 2. The SMILES string of the molecule is CCOC(=O)C1=C(C)NC(=S)N[C@H]1c1ccccc1OCC(=O)NN=Cc1cc(I)c(OCc2ccc(I)cc2)c(I)c1. The molecule has 0 radical (unpaired) electrons. The maximum absolute atomic E-state index is 12.7. The van der Waals surface area contributed by atoms with Crippen molar-refractivity contribution in [2.75, 3.05) is 13.2 Å². The lowest BCUT2D eigenvalue weighted by Crippen LogP contribution is -2.45. The summed E-state index contributed by atoms with van der Waals surface area (Å²) in [5.74, 6) is 0.305. The van der Waals surface area contributed by atoms with Crippen molar-refractivity contribution < 1.29 is 23.8 Å². The van der Waals surface area contributed by atoms with E-state index in [2.05, 4.69) is 101 Å². The van der Waals surface area contributed by atoms with Crippen molar-refractivity contribution in [1.29, 1.82) is 0 Å². The van der Waals surface area contributed by atoms with Gasteiger partial charge in [0.2, 0.25) is 0 Å². The van der Waals surface area contributed by atoms with Crippen LogP contribution in [-0.2, 0) is 20.9 Å². The van der Waals surface area contributed by atoms with Crippen molar-refractivity contribution in [3.05, 3.63) is 99.3 Å². The summed E-state index contributed by atoms with van der Waals surface area (Å²) in [6.07, 6.45) is 1.57. The second kappa shape index (κ2) is 16.0. The fourth-order valence-corrected chi connectivity index (χ4v) is 6.90. The molecule has 3 N–H and O–H groups in total. The Kier molecular flexibility index (Phi) is 12.4. The number of hydrazone groups is 1. The zero-order valence-electron chi connectivity index (χ0n) is 23.1. The molecule has 9 nitrogen and oxygen atoms in total. The number of amides is 1. The zero-order chi connectivity index (χ0) is 30.9. The first-order valence-corrected chi connectivity index (χ1v) is 16.7. The lowest BCUT2D eigenvalue weighted by molar-refractivity contribution is -0.139. The van der Waals surface area contributed by atoms with Gasteiger partial charge in [0.25, 0.3) is 5.91 Å². The highest BCUT2D eigenvalue weighted by Crippen LogP contribution is 2.34. The van der Waals surface area contributed by atoms with E-state index in [-0.39, 0.29) is 13.2 Å². The largest absolute Gasteiger partial charge is 0.487 e. The first kappa shape index (κ1) is 33.4. The van der Waals surface area contributed by atoms with Crippen molar-refractivity contribution >= 4 is 103 Å². The summed E-state index contributed by atoms with van der Waals surface area (Å²) in [6.45, 7) is 3.91. The Morgan fingerprint density at radius 3 is 2.44 bits per heavy atom. The molecule has 0 aromatic heterocycles. The maximum Gasteiger partial charge on any atom is 0.338 e. The monoisotopic (exact) mass is 936 g/mol. The van der Waals surface area contributed by atoms with Gasteiger partial charge >= 0.3 is 5.97 Å². The van der Waals surface area contributed by atoms with E-state index in [9.17, 15) is 9.59 Å². The number of hydrogen-bond acceptors (Lipinski definition) is 7. The number of esters is 1. The molecule has 0 fully saturated rings. The molecule has 4 rings (SSSR count). The van der Waals surface area contributed by atoms with E-state index in [4.69, 9.17) is 26.4 Å². The molecule has 0 aliphatic carbocycles. The summed E-state index contributed by atoms with van der Waals surface area (Å²) in [5.41, 5.74) is 6.01. The number of halogens is 3. The van der Waals surface area contributed by atoms with Crippen LogP contribution < -0.4 is 25.5 Å². The molecule has 1 aliphatic heterocycles. The molecule has 224 valence electrons. The topological polar surface area (TPSA) is 110 Å². The van der Waals surface area contributed by atoms with Gasteiger partial charge in [-0.25, -0.2) is 10.2 Å². The Morgan fingerprint density at radius 2 is 1.74 bits per heavy atom. The third kappa shape index (κ3) is 9.24. The number of nitrogens with one attached hydrogen (secondary N) is 3. The van der Waals surface area contributed by atoms with Crippen LogP contribution in [0.15, 0.2) is 77.0 Å².